The lowest BCUT2D eigenvalue weighted by molar-refractivity contribution is -0.120. The lowest BCUT2D eigenvalue weighted by atomic mass is 9.96. The number of rotatable bonds is 6. The van der Waals surface area contributed by atoms with Crippen molar-refractivity contribution in [2.75, 3.05) is 24.5 Å². The van der Waals surface area contributed by atoms with Crippen molar-refractivity contribution in [3.63, 3.8) is 0 Å². The number of nitriles is 1. The van der Waals surface area contributed by atoms with Crippen molar-refractivity contribution in [2.45, 2.75) is 19.3 Å². The van der Waals surface area contributed by atoms with Gasteiger partial charge >= 0.3 is 0 Å². The molecule has 0 bridgehead atoms. The van der Waals surface area contributed by atoms with E-state index < -0.39 is 0 Å². The molecule has 0 atom stereocenters. The highest BCUT2D eigenvalue weighted by Gasteiger charge is 2.22. The summed E-state index contributed by atoms with van der Waals surface area (Å²) in [5.41, 5.74) is 3.71. The lowest BCUT2D eigenvalue weighted by Gasteiger charge is -2.32. The first-order valence-corrected chi connectivity index (χ1v) is 10.6. The third kappa shape index (κ3) is 5.26. The molecule has 156 valence electrons. The van der Waals surface area contributed by atoms with Gasteiger partial charge in [-0.15, -0.1) is 0 Å². The van der Waals surface area contributed by atoms with E-state index in [0.717, 1.165) is 37.1 Å². The van der Waals surface area contributed by atoms with Crippen molar-refractivity contribution in [1.82, 2.24) is 15.3 Å². The third-order valence-corrected chi connectivity index (χ3v) is 5.71. The summed E-state index contributed by atoms with van der Waals surface area (Å²) in [4.78, 5) is 22.9. The molecule has 1 aliphatic rings. The minimum atomic E-state index is 0.0515. The Bertz CT molecular complexity index is 1050. The average Bonchev–Trinajstić information content (AvgIpc) is 2.84. The second kappa shape index (κ2) is 9.86. The molecule has 3 aromatic rings. The van der Waals surface area contributed by atoms with Crippen LogP contribution in [0.2, 0.25) is 0 Å². The van der Waals surface area contributed by atoms with E-state index >= 15 is 0 Å². The van der Waals surface area contributed by atoms with Crippen LogP contribution in [0.25, 0.3) is 11.1 Å². The summed E-state index contributed by atoms with van der Waals surface area (Å²) < 4.78 is 0. The lowest BCUT2D eigenvalue weighted by Crippen LogP contribution is -2.39. The molecule has 0 saturated carbocycles. The van der Waals surface area contributed by atoms with Gasteiger partial charge in [0.05, 0.1) is 6.42 Å². The topological polar surface area (TPSA) is 81.9 Å². The van der Waals surface area contributed by atoms with Crippen LogP contribution in [0.4, 0.5) is 5.82 Å². The maximum absolute atomic E-state index is 12.4. The highest BCUT2D eigenvalue weighted by molar-refractivity contribution is 5.78. The van der Waals surface area contributed by atoms with Gasteiger partial charge in [-0.05, 0) is 35.4 Å². The quantitative estimate of drug-likeness (QED) is 0.670. The van der Waals surface area contributed by atoms with Crippen LogP contribution in [0.1, 0.15) is 24.1 Å². The van der Waals surface area contributed by atoms with Crippen molar-refractivity contribution in [1.29, 1.82) is 5.26 Å². The van der Waals surface area contributed by atoms with E-state index in [-0.39, 0.29) is 5.91 Å². The molecule has 6 heteroatoms. The van der Waals surface area contributed by atoms with Gasteiger partial charge in [0.15, 0.2) is 11.5 Å². The number of aromatic nitrogens is 2. The van der Waals surface area contributed by atoms with Crippen LogP contribution < -0.4 is 10.2 Å². The SMILES string of the molecule is N#Cc1nccnc1N1CCC(CNC(=O)Cc2ccc(-c3ccccc3)cc2)CC1. The number of piperidine rings is 1. The number of hydrogen-bond acceptors (Lipinski definition) is 5. The average molecular weight is 412 g/mol. The highest BCUT2D eigenvalue weighted by Crippen LogP contribution is 2.23. The number of carbonyl (C=O) groups excluding carboxylic acids is 1. The van der Waals surface area contributed by atoms with Crippen LogP contribution in [0.5, 0.6) is 0 Å². The first-order valence-electron chi connectivity index (χ1n) is 10.6. The third-order valence-electron chi connectivity index (χ3n) is 5.71. The van der Waals surface area contributed by atoms with Crippen LogP contribution in [0.3, 0.4) is 0 Å². The predicted octanol–water partition coefficient (Wildman–Crippen LogP) is 3.59. The van der Waals surface area contributed by atoms with Crippen molar-refractivity contribution in [3.05, 3.63) is 78.2 Å². The Labute approximate surface area is 182 Å². The van der Waals surface area contributed by atoms with E-state index in [4.69, 9.17) is 0 Å². The summed E-state index contributed by atoms with van der Waals surface area (Å²) in [5, 5.41) is 12.3. The first-order chi connectivity index (χ1) is 15.2. The van der Waals surface area contributed by atoms with E-state index in [1.807, 2.05) is 30.3 Å². The molecule has 1 aromatic heterocycles. The largest absolute Gasteiger partial charge is 0.356 e. The Balaban J connectivity index is 1.23. The van der Waals surface area contributed by atoms with Gasteiger partial charge in [0.2, 0.25) is 5.91 Å². The van der Waals surface area contributed by atoms with Crippen LogP contribution >= 0.6 is 0 Å². The number of anilines is 1. The standard InChI is InChI=1S/C25H25N5O/c26-17-23-25(28-13-12-27-23)30-14-10-20(11-15-30)18-29-24(31)16-19-6-8-22(9-7-19)21-4-2-1-3-5-21/h1-9,12-13,20H,10-11,14-16,18H2,(H,29,31). The molecule has 1 saturated heterocycles. The molecule has 2 heterocycles. The highest BCUT2D eigenvalue weighted by atomic mass is 16.1. The Morgan fingerprint density at radius 2 is 1.68 bits per heavy atom. The Hall–Kier alpha value is -3.72. The molecule has 0 unspecified atom stereocenters. The smallest absolute Gasteiger partial charge is 0.224 e. The summed E-state index contributed by atoms with van der Waals surface area (Å²) >= 11 is 0. The van der Waals surface area contributed by atoms with Crippen LogP contribution in [-0.2, 0) is 11.2 Å². The Morgan fingerprint density at radius 3 is 2.39 bits per heavy atom. The molecule has 31 heavy (non-hydrogen) atoms. The molecule has 4 rings (SSSR count). The second-order valence-electron chi connectivity index (χ2n) is 7.81. The Kier molecular flexibility index (Phi) is 6.53. The number of nitrogens with zero attached hydrogens (tertiary/aromatic N) is 4. The normalized spacial score (nSPS) is 14.1. The zero-order chi connectivity index (χ0) is 21.5. The van der Waals surface area contributed by atoms with Crippen LogP contribution in [-0.4, -0.2) is 35.5 Å². The monoisotopic (exact) mass is 411 g/mol. The fourth-order valence-electron chi connectivity index (χ4n) is 3.94. The van der Waals surface area contributed by atoms with E-state index in [0.29, 0.717) is 30.4 Å². The minimum absolute atomic E-state index is 0.0515. The molecule has 0 spiro atoms. The van der Waals surface area contributed by atoms with Gasteiger partial charge in [0.25, 0.3) is 0 Å². The number of benzene rings is 2. The molecular formula is C25H25N5O. The minimum Gasteiger partial charge on any atom is -0.356 e. The van der Waals surface area contributed by atoms with E-state index in [9.17, 15) is 10.1 Å². The maximum atomic E-state index is 12.4. The van der Waals surface area contributed by atoms with Crippen molar-refractivity contribution in [3.8, 4) is 17.2 Å². The van der Waals surface area contributed by atoms with Gasteiger partial charge in [0.1, 0.15) is 6.07 Å². The van der Waals surface area contributed by atoms with Gasteiger partial charge in [-0.3, -0.25) is 4.79 Å². The zero-order valence-corrected chi connectivity index (χ0v) is 17.4. The van der Waals surface area contributed by atoms with Gasteiger partial charge < -0.3 is 10.2 Å². The molecular weight excluding hydrogens is 386 g/mol. The van der Waals surface area contributed by atoms with Crippen molar-refractivity contribution >= 4 is 11.7 Å². The summed E-state index contributed by atoms with van der Waals surface area (Å²) in [6.07, 6.45) is 5.45. The number of carbonyl (C=O) groups is 1. The molecule has 2 aromatic carbocycles. The van der Waals surface area contributed by atoms with E-state index in [1.165, 1.54) is 5.56 Å². The number of amides is 1. The molecule has 1 aliphatic heterocycles. The van der Waals surface area contributed by atoms with Crippen LogP contribution in [0, 0.1) is 17.2 Å². The molecule has 1 fully saturated rings. The summed E-state index contributed by atoms with van der Waals surface area (Å²) in [6, 6.07) is 20.5. The molecule has 6 nitrogen and oxygen atoms in total. The van der Waals surface area contributed by atoms with Crippen LogP contribution in [0.15, 0.2) is 67.0 Å². The van der Waals surface area contributed by atoms with E-state index in [2.05, 4.69) is 50.5 Å². The molecule has 0 aliphatic carbocycles. The van der Waals surface area contributed by atoms with E-state index in [1.54, 1.807) is 12.4 Å². The molecule has 0 radical (unpaired) electrons. The Morgan fingerprint density at radius 1 is 1.00 bits per heavy atom. The first kappa shape index (κ1) is 20.5. The summed E-state index contributed by atoms with van der Waals surface area (Å²) in [5.74, 6) is 1.14. The van der Waals surface area contributed by atoms with Gasteiger partial charge in [0, 0.05) is 32.0 Å². The fraction of sp³-hybridized carbons (Fsp3) is 0.280. The number of hydrogen-bond donors (Lipinski definition) is 1. The van der Waals surface area contributed by atoms with Crippen molar-refractivity contribution < 1.29 is 4.79 Å². The molecule has 1 amide bonds. The number of nitrogens with one attached hydrogen (secondary N) is 1. The molecule has 1 N–H and O–H groups in total. The van der Waals surface area contributed by atoms with Gasteiger partial charge in [-0.1, -0.05) is 54.6 Å². The summed E-state index contributed by atoms with van der Waals surface area (Å²) in [7, 11) is 0. The predicted molar refractivity (Wildman–Crippen MR) is 120 cm³/mol. The second-order valence-corrected chi connectivity index (χ2v) is 7.81. The maximum Gasteiger partial charge on any atom is 0.224 e. The fourth-order valence-corrected chi connectivity index (χ4v) is 3.94. The van der Waals surface area contributed by atoms with Gasteiger partial charge in [-0.2, -0.15) is 5.26 Å². The zero-order valence-electron chi connectivity index (χ0n) is 17.4. The van der Waals surface area contributed by atoms with Gasteiger partial charge in [-0.25, -0.2) is 9.97 Å². The van der Waals surface area contributed by atoms with Crippen molar-refractivity contribution in [2.24, 2.45) is 5.92 Å². The summed E-state index contributed by atoms with van der Waals surface area (Å²) in [6.45, 7) is 2.31.